The second-order valence-electron chi connectivity index (χ2n) is 6.95. The number of rotatable bonds is 5. The summed E-state index contributed by atoms with van der Waals surface area (Å²) in [7, 11) is 3.22. The number of aromatic nitrogens is 2. The molecule has 6 heteroatoms. The Morgan fingerprint density at radius 1 is 1.00 bits per heavy atom. The molecule has 0 aliphatic carbocycles. The molecule has 6 nitrogen and oxygen atoms in total. The quantitative estimate of drug-likeness (QED) is 0.478. The smallest absolute Gasteiger partial charge is 0.337 e. The molecule has 30 heavy (non-hydrogen) atoms. The monoisotopic (exact) mass is 399 g/mol. The van der Waals surface area contributed by atoms with Gasteiger partial charge in [-0.05, 0) is 35.9 Å². The van der Waals surface area contributed by atoms with E-state index in [1.807, 2.05) is 72.6 Å². The summed E-state index contributed by atoms with van der Waals surface area (Å²) in [4.78, 5) is 32.1. The highest BCUT2D eigenvalue weighted by molar-refractivity contribution is 5.94. The molecule has 0 atom stereocenters. The Labute approximate surface area is 174 Å². The van der Waals surface area contributed by atoms with Crippen molar-refractivity contribution in [1.82, 2.24) is 9.55 Å². The number of para-hydroxylation sites is 1. The highest BCUT2D eigenvalue weighted by Gasteiger charge is 2.18. The fraction of sp³-hybridized carbons (Fsp3) is 0.125. The van der Waals surface area contributed by atoms with Crippen LogP contribution in [0.3, 0.4) is 0 Å². The van der Waals surface area contributed by atoms with Crippen LogP contribution in [-0.4, -0.2) is 29.7 Å². The van der Waals surface area contributed by atoms with Crippen molar-refractivity contribution >= 4 is 22.8 Å². The van der Waals surface area contributed by atoms with Gasteiger partial charge in [0.15, 0.2) is 0 Å². The molecule has 0 saturated carbocycles. The van der Waals surface area contributed by atoms with Gasteiger partial charge < -0.3 is 9.64 Å². The normalized spacial score (nSPS) is 10.7. The maximum atomic E-state index is 13.4. The largest absolute Gasteiger partial charge is 0.465 e. The van der Waals surface area contributed by atoms with E-state index in [9.17, 15) is 9.59 Å². The number of carbonyl (C=O) groups is 1. The molecule has 0 fully saturated rings. The van der Waals surface area contributed by atoms with Gasteiger partial charge in [-0.3, -0.25) is 4.79 Å². The average Bonchev–Trinajstić information content (AvgIpc) is 2.79. The minimum absolute atomic E-state index is 0.197. The van der Waals surface area contributed by atoms with E-state index in [1.54, 1.807) is 22.8 Å². The number of fused-ring (bicyclic) bond motifs is 1. The number of benzene rings is 3. The van der Waals surface area contributed by atoms with Crippen LogP contribution in [0.4, 0.5) is 5.95 Å². The standard InChI is InChI=1S/C24H21N3O3/c1-26(16-17-9-5-3-6-10-17)24-25-21-15-18(23(29)30-2)13-14-20(21)22(28)27(24)19-11-7-4-8-12-19/h3-15H,16H2,1-2H3. The number of hydrogen-bond donors (Lipinski definition) is 0. The van der Waals surface area contributed by atoms with E-state index in [1.165, 1.54) is 7.11 Å². The lowest BCUT2D eigenvalue weighted by Gasteiger charge is -2.23. The number of methoxy groups -OCH3 is 1. The molecule has 0 aliphatic heterocycles. The van der Waals surface area contributed by atoms with Gasteiger partial charge in [-0.1, -0.05) is 48.5 Å². The summed E-state index contributed by atoms with van der Waals surface area (Å²) in [6, 6.07) is 24.2. The van der Waals surface area contributed by atoms with E-state index in [0.29, 0.717) is 29.0 Å². The van der Waals surface area contributed by atoms with Crippen LogP contribution in [0.5, 0.6) is 0 Å². The number of ether oxygens (including phenoxy) is 1. The minimum Gasteiger partial charge on any atom is -0.465 e. The highest BCUT2D eigenvalue weighted by Crippen LogP contribution is 2.21. The van der Waals surface area contributed by atoms with Crippen LogP contribution in [0.1, 0.15) is 15.9 Å². The van der Waals surface area contributed by atoms with Gasteiger partial charge in [-0.15, -0.1) is 0 Å². The average molecular weight is 399 g/mol. The van der Waals surface area contributed by atoms with Crippen LogP contribution < -0.4 is 10.5 Å². The molecule has 4 rings (SSSR count). The summed E-state index contributed by atoms with van der Waals surface area (Å²) in [5.74, 6) is 0.0229. The lowest BCUT2D eigenvalue weighted by atomic mass is 10.1. The molecule has 4 aromatic rings. The van der Waals surface area contributed by atoms with Gasteiger partial charge in [0.2, 0.25) is 5.95 Å². The second kappa shape index (κ2) is 8.21. The van der Waals surface area contributed by atoms with E-state index < -0.39 is 5.97 Å². The van der Waals surface area contributed by atoms with Crippen molar-refractivity contribution in [3.8, 4) is 5.69 Å². The molecule has 3 aromatic carbocycles. The van der Waals surface area contributed by atoms with Gasteiger partial charge in [0.25, 0.3) is 5.56 Å². The Hall–Kier alpha value is -3.93. The lowest BCUT2D eigenvalue weighted by Crippen LogP contribution is -2.29. The summed E-state index contributed by atoms with van der Waals surface area (Å²) < 4.78 is 6.40. The molecule has 0 amide bonds. The minimum atomic E-state index is -0.467. The van der Waals surface area contributed by atoms with Gasteiger partial charge in [-0.2, -0.15) is 0 Å². The first-order valence-corrected chi connectivity index (χ1v) is 9.54. The lowest BCUT2D eigenvalue weighted by molar-refractivity contribution is 0.0601. The SMILES string of the molecule is COC(=O)c1ccc2c(=O)n(-c3ccccc3)c(N(C)Cc3ccccc3)nc2c1. The van der Waals surface area contributed by atoms with Gasteiger partial charge in [0, 0.05) is 13.6 Å². The molecule has 0 bridgehead atoms. The van der Waals surface area contributed by atoms with E-state index in [-0.39, 0.29) is 5.56 Å². The Morgan fingerprint density at radius 2 is 1.67 bits per heavy atom. The van der Waals surface area contributed by atoms with Crippen molar-refractivity contribution in [3.05, 3.63) is 100 Å². The van der Waals surface area contributed by atoms with Gasteiger partial charge in [-0.25, -0.2) is 14.3 Å². The number of esters is 1. The maximum Gasteiger partial charge on any atom is 0.337 e. The van der Waals surface area contributed by atoms with Crippen LogP contribution >= 0.6 is 0 Å². The topological polar surface area (TPSA) is 64.4 Å². The van der Waals surface area contributed by atoms with Crippen LogP contribution in [0.25, 0.3) is 16.6 Å². The fourth-order valence-corrected chi connectivity index (χ4v) is 3.41. The number of carbonyl (C=O) groups excluding carboxylic acids is 1. The summed E-state index contributed by atoms with van der Waals surface area (Å²) in [5.41, 5.74) is 2.43. The highest BCUT2D eigenvalue weighted by atomic mass is 16.5. The van der Waals surface area contributed by atoms with Crippen LogP contribution in [0.15, 0.2) is 83.7 Å². The Morgan fingerprint density at radius 3 is 2.33 bits per heavy atom. The third-order valence-electron chi connectivity index (χ3n) is 4.89. The van der Waals surface area contributed by atoms with Crippen molar-refractivity contribution in [2.75, 3.05) is 19.1 Å². The predicted molar refractivity (Wildman–Crippen MR) is 117 cm³/mol. The summed E-state index contributed by atoms with van der Waals surface area (Å²) in [6.07, 6.45) is 0. The van der Waals surface area contributed by atoms with Crippen LogP contribution in [0.2, 0.25) is 0 Å². The Bertz CT molecular complexity index is 1250. The Kier molecular flexibility index (Phi) is 5.30. The fourth-order valence-electron chi connectivity index (χ4n) is 3.41. The molecular formula is C24H21N3O3. The van der Waals surface area contributed by atoms with Crippen molar-refractivity contribution in [3.63, 3.8) is 0 Å². The van der Waals surface area contributed by atoms with E-state index in [0.717, 1.165) is 11.3 Å². The first-order chi connectivity index (χ1) is 14.6. The van der Waals surface area contributed by atoms with Gasteiger partial charge in [0.05, 0.1) is 29.3 Å². The third kappa shape index (κ3) is 3.67. The second-order valence-corrected chi connectivity index (χ2v) is 6.95. The van der Waals surface area contributed by atoms with Gasteiger partial charge in [0.1, 0.15) is 0 Å². The molecule has 0 N–H and O–H groups in total. The summed E-state index contributed by atoms with van der Waals surface area (Å²) in [5, 5.41) is 0.434. The van der Waals surface area contributed by atoms with E-state index in [2.05, 4.69) is 0 Å². The first-order valence-electron chi connectivity index (χ1n) is 9.54. The molecule has 0 aliphatic rings. The summed E-state index contributed by atoms with van der Waals surface area (Å²) in [6.45, 7) is 0.572. The van der Waals surface area contributed by atoms with Crippen molar-refractivity contribution in [2.45, 2.75) is 6.54 Å². The van der Waals surface area contributed by atoms with Crippen molar-refractivity contribution < 1.29 is 9.53 Å². The molecule has 0 unspecified atom stereocenters. The molecule has 1 aromatic heterocycles. The molecular weight excluding hydrogens is 378 g/mol. The Balaban J connectivity index is 1.92. The van der Waals surface area contributed by atoms with Crippen molar-refractivity contribution in [1.29, 1.82) is 0 Å². The molecule has 0 spiro atoms. The van der Waals surface area contributed by atoms with E-state index >= 15 is 0 Å². The zero-order chi connectivity index (χ0) is 21.1. The third-order valence-corrected chi connectivity index (χ3v) is 4.89. The number of nitrogens with zero attached hydrogens (tertiary/aromatic N) is 3. The van der Waals surface area contributed by atoms with Gasteiger partial charge >= 0.3 is 5.97 Å². The predicted octanol–water partition coefficient (Wildman–Crippen LogP) is 3.81. The number of hydrogen-bond acceptors (Lipinski definition) is 5. The molecule has 0 radical (unpaired) electrons. The number of anilines is 1. The molecule has 0 saturated heterocycles. The van der Waals surface area contributed by atoms with Crippen LogP contribution in [-0.2, 0) is 11.3 Å². The summed E-state index contributed by atoms with van der Waals surface area (Å²) >= 11 is 0. The first kappa shape index (κ1) is 19.4. The molecule has 1 heterocycles. The van der Waals surface area contributed by atoms with E-state index in [4.69, 9.17) is 9.72 Å². The van der Waals surface area contributed by atoms with Crippen LogP contribution in [0, 0.1) is 0 Å². The zero-order valence-electron chi connectivity index (χ0n) is 16.8. The molecule has 150 valence electrons. The maximum absolute atomic E-state index is 13.4. The van der Waals surface area contributed by atoms with Crippen molar-refractivity contribution in [2.24, 2.45) is 0 Å². The zero-order valence-corrected chi connectivity index (χ0v) is 16.8.